The molecule has 0 spiro atoms. The molecule has 0 saturated carbocycles. The van der Waals surface area contributed by atoms with Crippen LogP contribution in [0.1, 0.15) is 181 Å². The number of rotatable bonds is 43. The molecule has 0 rings (SSSR count). The lowest BCUT2D eigenvalue weighted by Gasteiger charge is -2.15. The van der Waals surface area contributed by atoms with E-state index in [4.69, 9.17) is 9.47 Å². The molecule has 0 heterocycles. The molecule has 64 heavy (non-hydrogen) atoms. The van der Waals surface area contributed by atoms with E-state index >= 15 is 0 Å². The summed E-state index contributed by atoms with van der Waals surface area (Å²) in [5, 5.41) is 9.62. The summed E-state index contributed by atoms with van der Waals surface area (Å²) in [4.78, 5) is 24.4. The van der Waals surface area contributed by atoms with Gasteiger partial charge >= 0.3 is 11.9 Å². The van der Waals surface area contributed by atoms with Gasteiger partial charge in [-0.2, -0.15) is 0 Å². The molecule has 0 aromatic heterocycles. The van der Waals surface area contributed by atoms with E-state index in [-0.39, 0.29) is 31.6 Å². The summed E-state index contributed by atoms with van der Waals surface area (Å²) in [6, 6.07) is 0. The van der Waals surface area contributed by atoms with Gasteiger partial charge in [-0.25, -0.2) is 0 Å². The Bertz CT molecular complexity index is 1460. The van der Waals surface area contributed by atoms with E-state index in [2.05, 4.69) is 172 Å². The molecule has 0 aromatic carbocycles. The highest BCUT2D eigenvalue weighted by Crippen LogP contribution is 2.12. The quantitative estimate of drug-likeness (QED) is 0.0375. The number of hydrogen-bond acceptors (Lipinski definition) is 5. The standard InChI is InChI=1S/C59H90O5/c1-3-5-7-9-11-13-15-17-19-21-23-25-27-28-29-30-32-33-35-37-39-41-43-45-47-49-51-53-58(61)63-56-57(55-60)64-59(62)54-52-50-48-46-44-42-40-38-36-34-31-26-24-22-20-18-16-14-12-10-8-6-4-2/h5-8,11-14,17-20,23-26,28-29,32-34,36,40,42,46,48,57,60H,3-4,9-10,15-16,21-22,27,30-31,35,37-39,41,43-45,47,49-56H2,1-2H3/b7-5-,8-6-,13-11-,14-12-,19-17-,20-18-,25-23-,26-24-,29-28-,33-32-,36-34-,42-40-,48-46-. The van der Waals surface area contributed by atoms with Gasteiger partial charge in [-0.05, 0) is 116 Å². The van der Waals surface area contributed by atoms with Crippen LogP contribution >= 0.6 is 0 Å². The summed E-state index contributed by atoms with van der Waals surface area (Å²) in [6.45, 7) is 3.84. The van der Waals surface area contributed by atoms with Gasteiger partial charge in [0.1, 0.15) is 6.61 Å². The second-order valence-corrected chi connectivity index (χ2v) is 15.8. The number of carbonyl (C=O) groups is 2. The molecule has 0 fully saturated rings. The number of unbranched alkanes of at least 4 members (excludes halogenated alkanes) is 9. The van der Waals surface area contributed by atoms with E-state index in [1.54, 1.807) is 0 Å². The van der Waals surface area contributed by atoms with Gasteiger partial charge in [0, 0.05) is 12.8 Å². The number of aliphatic hydroxyl groups excluding tert-OH is 1. The molecule has 0 bridgehead atoms. The summed E-state index contributed by atoms with van der Waals surface area (Å²) in [5.74, 6) is -0.685. The minimum absolute atomic E-state index is 0.106. The highest BCUT2D eigenvalue weighted by molar-refractivity contribution is 5.70. The first-order valence-electron chi connectivity index (χ1n) is 25.0. The number of carbonyl (C=O) groups excluding carboxylic acids is 2. The maximum Gasteiger partial charge on any atom is 0.306 e. The number of hydrogen-bond donors (Lipinski definition) is 1. The van der Waals surface area contributed by atoms with Gasteiger partial charge in [-0.1, -0.05) is 210 Å². The molecule has 0 aliphatic rings. The van der Waals surface area contributed by atoms with Crippen molar-refractivity contribution in [2.45, 2.75) is 187 Å². The van der Waals surface area contributed by atoms with Crippen LogP contribution in [-0.2, 0) is 19.1 Å². The van der Waals surface area contributed by atoms with Gasteiger partial charge in [-0.3, -0.25) is 9.59 Å². The van der Waals surface area contributed by atoms with Crippen LogP contribution in [0.3, 0.4) is 0 Å². The largest absolute Gasteiger partial charge is 0.462 e. The zero-order valence-electron chi connectivity index (χ0n) is 40.5. The van der Waals surface area contributed by atoms with Crippen molar-refractivity contribution < 1.29 is 24.2 Å². The lowest BCUT2D eigenvalue weighted by molar-refractivity contribution is -0.161. The van der Waals surface area contributed by atoms with Crippen molar-refractivity contribution in [2.24, 2.45) is 0 Å². The Morgan fingerprint density at radius 1 is 0.359 bits per heavy atom. The van der Waals surface area contributed by atoms with Crippen LogP contribution < -0.4 is 0 Å². The van der Waals surface area contributed by atoms with Crippen LogP contribution in [0.5, 0.6) is 0 Å². The first-order valence-corrected chi connectivity index (χ1v) is 25.0. The van der Waals surface area contributed by atoms with E-state index in [0.29, 0.717) is 12.8 Å². The Labute approximate surface area is 392 Å². The molecule has 5 nitrogen and oxygen atoms in total. The van der Waals surface area contributed by atoms with E-state index in [0.717, 1.165) is 116 Å². The fraction of sp³-hybridized carbons (Fsp3) is 0.525. The molecule has 1 N–H and O–H groups in total. The van der Waals surface area contributed by atoms with Crippen molar-refractivity contribution >= 4 is 11.9 Å². The van der Waals surface area contributed by atoms with E-state index < -0.39 is 6.10 Å². The summed E-state index contributed by atoms with van der Waals surface area (Å²) >= 11 is 0. The number of ether oxygens (including phenoxy) is 2. The number of esters is 2. The van der Waals surface area contributed by atoms with Crippen molar-refractivity contribution in [1.29, 1.82) is 0 Å². The van der Waals surface area contributed by atoms with Crippen molar-refractivity contribution in [2.75, 3.05) is 13.2 Å². The van der Waals surface area contributed by atoms with E-state index in [1.165, 1.54) is 32.1 Å². The Morgan fingerprint density at radius 3 is 0.984 bits per heavy atom. The first kappa shape index (κ1) is 59.5. The molecule has 0 aliphatic heterocycles. The van der Waals surface area contributed by atoms with Crippen LogP contribution in [-0.4, -0.2) is 36.4 Å². The number of aliphatic hydroxyl groups is 1. The summed E-state index contributed by atoms with van der Waals surface area (Å²) in [7, 11) is 0. The molecular weight excluding hydrogens is 789 g/mol. The Kier molecular flexibility index (Phi) is 49.2. The molecule has 0 aliphatic carbocycles. The van der Waals surface area contributed by atoms with Gasteiger partial charge in [0.05, 0.1) is 6.61 Å². The SMILES string of the molecule is CC/C=C\C/C=C\C/C=C\C/C=C\C/C=C\C/C=C\C/C=C\CCCC(=O)OC(CO)COC(=O)CCCCCCCCCC/C=C\C/C=C\C/C=C\C/C=C\C/C=C\C/C=C\CC. The smallest absolute Gasteiger partial charge is 0.306 e. The maximum absolute atomic E-state index is 12.2. The van der Waals surface area contributed by atoms with E-state index in [1.807, 2.05) is 0 Å². The van der Waals surface area contributed by atoms with Gasteiger partial charge in [0.15, 0.2) is 6.10 Å². The third kappa shape index (κ3) is 50.2. The Balaban J connectivity index is 3.70. The van der Waals surface area contributed by atoms with Crippen molar-refractivity contribution in [1.82, 2.24) is 0 Å². The third-order valence-corrected chi connectivity index (χ3v) is 9.82. The van der Waals surface area contributed by atoms with Crippen molar-refractivity contribution in [3.05, 3.63) is 158 Å². The predicted octanol–water partition coefficient (Wildman–Crippen LogP) is 16.8. The number of allylic oxidation sites excluding steroid dienone is 26. The predicted molar refractivity (Wildman–Crippen MR) is 278 cm³/mol. The van der Waals surface area contributed by atoms with Gasteiger partial charge < -0.3 is 14.6 Å². The van der Waals surface area contributed by atoms with Crippen LogP contribution in [0.4, 0.5) is 0 Å². The minimum atomic E-state index is -0.820. The fourth-order valence-corrected chi connectivity index (χ4v) is 6.13. The average Bonchev–Trinajstić information content (AvgIpc) is 3.30. The van der Waals surface area contributed by atoms with Crippen molar-refractivity contribution in [3.63, 3.8) is 0 Å². The molecule has 0 saturated heterocycles. The Hall–Kier alpha value is -4.48. The lowest BCUT2D eigenvalue weighted by atomic mass is 10.1. The van der Waals surface area contributed by atoms with Crippen LogP contribution in [0.15, 0.2) is 158 Å². The van der Waals surface area contributed by atoms with Gasteiger partial charge in [-0.15, -0.1) is 0 Å². The van der Waals surface area contributed by atoms with Crippen molar-refractivity contribution in [3.8, 4) is 0 Å². The lowest BCUT2D eigenvalue weighted by Crippen LogP contribution is -2.28. The molecule has 0 aromatic rings. The topological polar surface area (TPSA) is 72.8 Å². The normalized spacial score (nSPS) is 13.6. The first-order chi connectivity index (χ1) is 31.6. The molecule has 1 unspecified atom stereocenters. The highest BCUT2D eigenvalue weighted by atomic mass is 16.6. The van der Waals surface area contributed by atoms with Crippen LogP contribution in [0.2, 0.25) is 0 Å². The average molecular weight is 879 g/mol. The zero-order valence-corrected chi connectivity index (χ0v) is 40.5. The third-order valence-electron chi connectivity index (χ3n) is 9.82. The van der Waals surface area contributed by atoms with E-state index in [9.17, 15) is 14.7 Å². The Morgan fingerprint density at radius 2 is 0.641 bits per heavy atom. The summed E-state index contributed by atoms with van der Waals surface area (Å²) in [6.07, 6.45) is 81.8. The second kappa shape index (κ2) is 52.9. The van der Waals surface area contributed by atoms with Crippen LogP contribution in [0.25, 0.3) is 0 Å². The second-order valence-electron chi connectivity index (χ2n) is 15.8. The molecule has 0 radical (unpaired) electrons. The molecule has 5 heteroatoms. The van der Waals surface area contributed by atoms with Crippen LogP contribution in [0, 0.1) is 0 Å². The summed E-state index contributed by atoms with van der Waals surface area (Å²) in [5.41, 5.74) is 0. The highest BCUT2D eigenvalue weighted by Gasteiger charge is 2.16. The molecule has 0 amide bonds. The van der Waals surface area contributed by atoms with Gasteiger partial charge in [0.25, 0.3) is 0 Å². The molecule has 1 atom stereocenters. The monoisotopic (exact) mass is 879 g/mol. The fourth-order valence-electron chi connectivity index (χ4n) is 6.13. The minimum Gasteiger partial charge on any atom is -0.462 e. The summed E-state index contributed by atoms with van der Waals surface area (Å²) < 4.78 is 10.6. The van der Waals surface area contributed by atoms with Gasteiger partial charge in [0.2, 0.25) is 0 Å². The molecular formula is C59H90O5. The molecule has 356 valence electrons. The maximum atomic E-state index is 12.2. The zero-order chi connectivity index (χ0) is 46.3.